The van der Waals surface area contributed by atoms with E-state index in [1.165, 1.54) is 17.9 Å². The van der Waals surface area contributed by atoms with E-state index in [2.05, 4.69) is 19.7 Å². The van der Waals surface area contributed by atoms with Crippen LogP contribution in [0.1, 0.15) is 17.6 Å². The van der Waals surface area contributed by atoms with E-state index in [-0.39, 0.29) is 0 Å². The van der Waals surface area contributed by atoms with Crippen molar-refractivity contribution < 1.29 is 5.11 Å². The first-order valence-electron chi connectivity index (χ1n) is 4.05. The van der Waals surface area contributed by atoms with Crippen LogP contribution in [0, 0.1) is 0 Å². The smallest absolute Gasteiger partial charge is 0.138 e. The zero-order valence-corrected chi connectivity index (χ0v) is 8.35. The minimum atomic E-state index is -0.656. The normalized spacial score (nSPS) is 13.0. The lowest BCUT2D eigenvalue weighted by Crippen LogP contribution is -2.07. The molecule has 0 fully saturated rings. The van der Waals surface area contributed by atoms with Crippen LogP contribution < -0.4 is 0 Å². The number of aliphatic hydroxyl groups is 1. The van der Waals surface area contributed by atoms with Crippen molar-refractivity contribution in [1.82, 2.24) is 24.4 Å². The lowest BCUT2D eigenvalue weighted by Gasteiger charge is -2.05. The highest BCUT2D eigenvalue weighted by molar-refractivity contribution is 7.03. The second-order valence-electron chi connectivity index (χ2n) is 2.85. The molecule has 2 heterocycles. The lowest BCUT2D eigenvalue weighted by atomic mass is 10.2. The third-order valence-corrected chi connectivity index (χ3v) is 2.42. The molecular formula is C7H9N5OS. The minimum absolute atomic E-state index is 0.405. The van der Waals surface area contributed by atoms with Crippen LogP contribution >= 0.6 is 11.5 Å². The number of aromatic nitrogens is 5. The maximum absolute atomic E-state index is 9.73. The van der Waals surface area contributed by atoms with E-state index in [1.807, 2.05) is 0 Å². The van der Waals surface area contributed by atoms with Gasteiger partial charge in [-0.05, 0) is 11.5 Å². The molecule has 0 saturated heterocycles. The van der Waals surface area contributed by atoms with Crippen molar-refractivity contribution in [1.29, 1.82) is 0 Å². The van der Waals surface area contributed by atoms with E-state index in [1.54, 1.807) is 17.1 Å². The molecule has 14 heavy (non-hydrogen) atoms. The zero-order valence-electron chi connectivity index (χ0n) is 7.53. The lowest BCUT2D eigenvalue weighted by molar-refractivity contribution is 0.169. The molecule has 0 aliphatic heterocycles. The Bertz CT molecular complexity index is 398. The van der Waals surface area contributed by atoms with Gasteiger partial charge in [-0.3, -0.25) is 4.68 Å². The molecule has 2 rings (SSSR count). The van der Waals surface area contributed by atoms with Gasteiger partial charge in [0, 0.05) is 18.8 Å². The molecule has 1 atom stereocenters. The summed E-state index contributed by atoms with van der Waals surface area (Å²) in [5.74, 6) is 0.727. The van der Waals surface area contributed by atoms with Crippen LogP contribution in [0.15, 0.2) is 11.7 Å². The van der Waals surface area contributed by atoms with Gasteiger partial charge in [0.2, 0.25) is 0 Å². The van der Waals surface area contributed by atoms with Crippen LogP contribution in [-0.2, 0) is 13.5 Å². The Labute approximate surface area is 84.4 Å². The molecule has 0 saturated carbocycles. The summed E-state index contributed by atoms with van der Waals surface area (Å²) in [5, 5.41) is 19.2. The minimum Gasteiger partial charge on any atom is -0.386 e. The highest BCUT2D eigenvalue weighted by Crippen LogP contribution is 2.14. The van der Waals surface area contributed by atoms with Crippen molar-refractivity contribution >= 4 is 11.5 Å². The van der Waals surface area contributed by atoms with Crippen molar-refractivity contribution in [2.75, 3.05) is 0 Å². The average molecular weight is 211 g/mol. The number of hydrogen-bond acceptors (Lipinski definition) is 6. The van der Waals surface area contributed by atoms with E-state index < -0.39 is 6.10 Å². The van der Waals surface area contributed by atoms with Gasteiger partial charge in [0.05, 0.1) is 0 Å². The van der Waals surface area contributed by atoms with Crippen molar-refractivity contribution in [2.24, 2.45) is 7.05 Å². The first-order valence-corrected chi connectivity index (χ1v) is 4.89. The van der Waals surface area contributed by atoms with Gasteiger partial charge in [-0.2, -0.15) is 5.10 Å². The number of nitrogens with zero attached hydrogens (tertiary/aromatic N) is 5. The third-order valence-electron chi connectivity index (χ3n) is 1.90. The summed E-state index contributed by atoms with van der Waals surface area (Å²) in [6, 6.07) is 0. The molecule has 7 heteroatoms. The molecular weight excluding hydrogens is 202 g/mol. The fourth-order valence-corrected chi connectivity index (χ4v) is 1.60. The highest BCUT2D eigenvalue weighted by Gasteiger charge is 2.14. The van der Waals surface area contributed by atoms with E-state index >= 15 is 0 Å². The standard InChI is InChI=1S/C7H9N5OS/c1-12-7(8-4-9-12)2-6(13)5-3-14-11-10-5/h3-4,6,13H,2H2,1H3. The fourth-order valence-electron chi connectivity index (χ4n) is 1.10. The summed E-state index contributed by atoms with van der Waals surface area (Å²) in [4.78, 5) is 4.01. The Hall–Kier alpha value is -1.34. The molecule has 6 nitrogen and oxygen atoms in total. The number of aryl methyl sites for hydroxylation is 1. The van der Waals surface area contributed by atoms with Gasteiger partial charge in [-0.15, -0.1) is 5.10 Å². The molecule has 2 aromatic rings. The molecule has 0 aliphatic rings. The number of aliphatic hydroxyl groups excluding tert-OH is 1. The monoisotopic (exact) mass is 211 g/mol. The summed E-state index contributed by atoms with van der Waals surface area (Å²) >= 11 is 1.22. The first-order chi connectivity index (χ1) is 6.77. The molecule has 74 valence electrons. The molecule has 1 unspecified atom stereocenters. The van der Waals surface area contributed by atoms with Crippen LogP contribution in [0.4, 0.5) is 0 Å². The number of rotatable bonds is 3. The van der Waals surface area contributed by atoms with Crippen molar-refractivity contribution in [3.05, 3.63) is 23.2 Å². The Morgan fingerprint density at radius 1 is 1.64 bits per heavy atom. The predicted octanol–water partition coefficient (Wildman–Crippen LogP) is -0.0573. The summed E-state index contributed by atoms with van der Waals surface area (Å²) in [5.41, 5.74) is 0.581. The average Bonchev–Trinajstić information content (AvgIpc) is 2.77. The molecule has 0 bridgehead atoms. The van der Waals surface area contributed by atoms with E-state index in [9.17, 15) is 5.11 Å². The maximum atomic E-state index is 9.73. The molecule has 1 N–H and O–H groups in total. The first kappa shape index (κ1) is 9.22. The molecule has 2 aromatic heterocycles. The predicted molar refractivity (Wildman–Crippen MR) is 49.6 cm³/mol. The quantitative estimate of drug-likeness (QED) is 0.769. The van der Waals surface area contributed by atoms with Crippen molar-refractivity contribution in [3.8, 4) is 0 Å². The van der Waals surface area contributed by atoms with Gasteiger partial charge in [0.25, 0.3) is 0 Å². The number of hydrogen-bond donors (Lipinski definition) is 1. The molecule has 0 amide bonds. The third kappa shape index (κ3) is 1.78. The molecule has 0 spiro atoms. The van der Waals surface area contributed by atoms with E-state index in [0.717, 1.165) is 5.82 Å². The summed E-state index contributed by atoms with van der Waals surface area (Å²) in [7, 11) is 1.79. The topological polar surface area (TPSA) is 76.7 Å². The highest BCUT2D eigenvalue weighted by atomic mass is 32.1. The van der Waals surface area contributed by atoms with Gasteiger partial charge in [0.15, 0.2) is 0 Å². The van der Waals surface area contributed by atoms with Gasteiger partial charge in [-0.25, -0.2) is 4.98 Å². The van der Waals surface area contributed by atoms with Crippen LogP contribution in [-0.4, -0.2) is 29.5 Å². The van der Waals surface area contributed by atoms with Crippen LogP contribution in [0.2, 0.25) is 0 Å². The Balaban J connectivity index is 2.09. The van der Waals surface area contributed by atoms with Gasteiger partial charge in [0.1, 0.15) is 23.9 Å². The SMILES string of the molecule is Cn1ncnc1CC(O)c1csnn1. The summed E-state index contributed by atoms with van der Waals surface area (Å²) in [6.45, 7) is 0. The van der Waals surface area contributed by atoms with Gasteiger partial charge in [-0.1, -0.05) is 4.49 Å². The second-order valence-corrected chi connectivity index (χ2v) is 3.46. The van der Waals surface area contributed by atoms with Crippen LogP contribution in [0.5, 0.6) is 0 Å². The van der Waals surface area contributed by atoms with Crippen LogP contribution in [0.3, 0.4) is 0 Å². The molecule has 0 radical (unpaired) electrons. The van der Waals surface area contributed by atoms with E-state index in [4.69, 9.17) is 0 Å². The maximum Gasteiger partial charge on any atom is 0.138 e. The molecule has 0 aromatic carbocycles. The van der Waals surface area contributed by atoms with Crippen molar-refractivity contribution in [2.45, 2.75) is 12.5 Å². The van der Waals surface area contributed by atoms with Crippen molar-refractivity contribution in [3.63, 3.8) is 0 Å². The fraction of sp³-hybridized carbons (Fsp3) is 0.429. The Morgan fingerprint density at radius 3 is 3.07 bits per heavy atom. The molecule has 0 aliphatic carbocycles. The second kappa shape index (κ2) is 3.81. The van der Waals surface area contributed by atoms with E-state index in [0.29, 0.717) is 12.1 Å². The van der Waals surface area contributed by atoms with Crippen LogP contribution in [0.25, 0.3) is 0 Å². The van der Waals surface area contributed by atoms with Gasteiger partial charge >= 0.3 is 0 Å². The Kier molecular flexibility index (Phi) is 2.51. The summed E-state index contributed by atoms with van der Waals surface area (Å²) in [6.07, 6.45) is 1.21. The largest absolute Gasteiger partial charge is 0.386 e. The zero-order chi connectivity index (χ0) is 9.97. The summed E-state index contributed by atoms with van der Waals surface area (Å²) < 4.78 is 5.31. The Morgan fingerprint density at radius 2 is 2.50 bits per heavy atom. The van der Waals surface area contributed by atoms with Gasteiger partial charge < -0.3 is 5.11 Å².